The van der Waals surface area contributed by atoms with Gasteiger partial charge in [-0.25, -0.2) is 0 Å². The van der Waals surface area contributed by atoms with Crippen LogP contribution in [0.3, 0.4) is 0 Å². The number of aryl methyl sites for hydroxylation is 1. The van der Waals surface area contributed by atoms with Crippen LogP contribution in [0.4, 0.5) is 5.82 Å². The standard InChI is InChI=1S/C8H11N3O3/c12-7-3-1-2-4-10-6(7)5-8(9-10)11(13)14/h5,7,12H,1-4H2. The van der Waals surface area contributed by atoms with E-state index in [1.807, 2.05) is 0 Å². The Kier molecular flexibility index (Phi) is 2.20. The van der Waals surface area contributed by atoms with Crippen LogP contribution in [0.5, 0.6) is 0 Å². The van der Waals surface area contributed by atoms with Crippen molar-refractivity contribution in [3.05, 3.63) is 21.9 Å². The predicted octanol–water partition coefficient (Wildman–Crippen LogP) is 1.01. The SMILES string of the molecule is O=[N+]([O-])c1cc2n(n1)CCCCC2O. The molecule has 6 nitrogen and oxygen atoms in total. The first-order valence-electron chi connectivity index (χ1n) is 4.58. The third kappa shape index (κ3) is 1.48. The molecule has 0 spiro atoms. The molecule has 0 bridgehead atoms. The highest BCUT2D eigenvalue weighted by atomic mass is 16.6. The van der Waals surface area contributed by atoms with E-state index in [9.17, 15) is 15.2 Å². The van der Waals surface area contributed by atoms with Gasteiger partial charge in [0.1, 0.15) is 0 Å². The Morgan fingerprint density at radius 1 is 1.64 bits per heavy atom. The molecule has 1 aromatic heterocycles. The van der Waals surface area contributed by atoms with Crippen molar-refractivity contribution in [3.63, 3.8) is 0 Å². The topological polar surface area (TPSA) is 81.2 Å². The zero-order valence-corrected chi connectivity index (χ0v) is 7.59. The number of aromatic nitrogens is 2. The van der Waals surface area contributed by atoms with E-state index < -0.39 is 11.0 Å². The number of rotatable bonds is 1. The summed E-state index contributed by atoms with van der Waals surface area (Å²) in [6.07, 6.45) is 1.88. The number of hydrogen-bond acceptors (Lipinski definition) is 4. The van der Waals surface area contributed by atoms with Crippen molar-refractivity contribution in [2.75, 3.05) is 0 Å². The lowest BCUT2D eigenvalue weighted by Gasteiger charge is -2.03. The average molecular weight is 197 g/mol. The first-order chi connectivity index (χ1) is 6.68. The third-order valence-corrected chi connectivity index (χ3v) is 2.42. The van der Waals surface area contributed by atoms with Crippen molar-refractivity contribution in [2.24, 2.45) is 0 Å². The van der Waals surface area contributed by atoms with Crippen LogP contribution in [-0.4, -0.2) is 19.8 Å². The Morgan fingerprint density at radius 2 is 2.43 bits per heavy atom. The summed E-state index contributed by atoms with van der Waals surface area (Å²) in [5.74, 6) is -0.180. The Balaban J connectivity index is 2.38. The number of aliphatic hydroxyl groups is 1. The highest BCUT2D eigenvalue weighted by Gasteiger charge is 2.24. The fourth-order valence-electron chi connectivity index (χ4n) is 1.70. The lowest BCUT2D eigenvalue weighted by molar-refractivity contribution is -0.389. The molecule has 1 atom stereocenters. The predicted molar refractivity (Wildman–Crippen MR) is 47.7 cm³/mol. The van der Waals surface area contributed by atoms with Crippen LogP contribution in [0.25, 0.3) is 0 Å². The number of hydrogen-bond donors (Lipinski definition) is 1. The van der Waals surface area contributed by atoms with Crippen LogP contribution >= 0.6 is 0 Å². The third-order valence-electron chi connectivity index (χ3n) is 2.42. The van der Waals surface area contributed by atoms with Crippen LogP contribution in [0.2, 0.25) is 0 Å². The molecule has 0 fully saturated rings. The van der Waals surface area contributed by atoms with Crippen molar-refractivity contribution >= 4 is 5.82 Å². The maximum absolute atomic E-state index is 10.5. The summed E-state index contributed by atoms with van der Waals surface area (Å²) in [5, 5.41) is 23.9. The monoisotopic (exact) mass is 197 g/mol. The van der Waals surface area contributed by atoms with Crippen molar-refractivity contribution in [2.45, 2.75) is 31.9 Å². The second kappa shape index (κ2) is 3.38. The maximum atomic E-state index is 10.5. The normalized spacial score (nSPS) is 21.4. The lowest BCUT2D eigenvalue weighted by Crippen LogP contribution is -2.05. The fourth-order valence-corrected chi connectivity index (χ4v) is 1.70. The van der Waals surface area contributed by atoms with E-state index in [0.29, 0.717) is 18.7 Å². The minimum atomic E-state index is -0.612. The van der Waals surface area contributed by atoms with Crippen LogP contribution in [0.15, 0.2) is 6.07 Å². The number of nitro groups is 1. The summed E-state index contributed by atoms with van der Waals surface area (Å²) in [5.41, 5.74) is 0.564. The van der Waals surface area contributed by atoms with Crippen molar-refractivity contribution in [1.82, 2.24) is 9.78 Å². The molecule has 0 radical (unpaired) electrons. The van der Waals surface area contributed by atoms with Crippen molar-refractivity contribution < 1.29 is 10.0 Å². The number of nitrogens with zero attached hydrogens (tertiary/aromatic N) is 3. The van der Waals surface area contributed by atoms with E-state index in [-0.39, 0.29) is 5.82 Å². The number of fused-ring (bicyclic) bond motifs is 1. The zero-order chi connectivity index (χ0) is 10.1. The van der Waals surface area contributed by atoms with E-state index in [0.717, 1.165) is 12.8 Å². The van der Waals surface area contributed by atoms with Gasteiger partial charge in [-0.1, -0.05) is 0 Å². The van der Waals surface area contributed by atoms with Gasteiger partial charge in [0, 0.05) is 0 Å². The maximum Gasteiger partial charge on any atom is 0.390 e. The fraction of sp³-hybridized carbons (Fsp3) is 0.625. The molecule has 1 unspecified atom stereocenters. The van der Waals surface area contributed by atoms with Gasteiger partial charge in [-0.2, -0.15) is 4.68 Å². The van der Waals surface area contributed by atoms with Gasteiger partial charge < -0.3 is 15.2 Å². The molecule has 0 saturated heterocycles. The molecule has 0 saturated carbocycles. The van der Waals surface area contributed by atoms with Crippen LogP contribution in [0, 0.1) is 10.1 Å². The summed E-state index contributed by atoms with van der Waals surface area (Å²) in [6, 6.07) is 1.36. The molecular weight excluding hydrogens is 186 g/mol. The molecule has 1 aliphatic heterocycles. The molecule has 76 valence electrons. The molecule has 0 aliphatic carbocycles. The molecule has 6 heteroatoms. The Bertz CT molecular complexity index is 361. The minimum Gasteiger partial charge on any atom is -0.387 e. The molecule has 1 aliphatic rings. The molecule has 0 aromatic carbocycles. The van der Waals surface area contributed by atoms with Crippen LogP contribution in [0.1, 0.15) is 31.1 Å². The molecule has 1 N–H and O–H groups in total. The molecule has 0 amide bonds. The Hall–Kier alpha value is -1.43. The average Bonchev–Trinajstić information content (AvgIpc) is 2.49. The van der Waals surface area contributed by atoms with Gasteiger partial charge in [-0.3, -0.25) is 0 Å². The van der Waals surface area contributed by atoms with Gasteiger partial charge in [0.2, 0.25) is 0 Å². The van der Waals surface area contributed by atoms with E-state index >= 15 is 0 Å². The zero-order valence-electron chi connectivity index (χ0n) is 7.59. The van der Waals surface area contributed by atoms with Crippen LogP contribution in [-0.2, 0) is 6.54 Å². The highest BCUT2D eigenvalue weighted by Crippen LogP contribution is 2.26. The molecular formula is C8H11N3O3. The van der Waals surface area contributed by atoms with E-state index in [4.69, 9.17) is 0 Å². The van der Waals surface area contributed by atoms with E-state index in [1.165, 1.54) is 10.7 Å². The Labute approximate surface area is 80.3 Å². The van der Waals surface area contributed by atoms with E-state index in [2.05, 4.69) is 5.10 Å². The quantitative estimate of drug-likeness (QED) is 0.538. The highest BCUT2D eigenvalue weighted by molar-refractivity contribution is 5.23. The second-order valence-corrected chi connectivity index (χ2v) is 3.42. The van der Waals surface area contributed by atoms with Crippen molar-refractivity contribution in [1.29, 1.82) is 0 Å². The molecule has 14 heavy (non-hydrogen) atoms. The summed E-state index contributed by atoms with van der Waals surface area (Å²) < 4.78 is 1.54. The van der Waals surface area contributed by atoms with Crippen molar-refractivity contribution in [3.8, 4) is 0 Å². The molecule has 2 heterocycles. The largest absolute Gasteiger partial charge is 0.390 e. The first kappa shape index (κ1) is 9.14. The summed E-state index contributed by atoms with van der Waals surface area (Å²) in [4.78, 5) is 9.93. The van der Waals surface area contributed by atoms with Gasteiger partial charge in [0.25, 0.3) is 0 Å². The van der Waals surface area contributed by atoms with Gasteiger partial charge in [-0.15, -0.1) is 0 Å². The smallest absolute Gasteiger partial charge is 0.387 e. The summed E-state index contributed by atoms with van der Waals surface area (Å²) in [7, 11) is 0. The number of aliphatic hydroxyl groups excluding tert-OH is 1. The first-order valence-corrected chi connectivity index (χ1v) is 4.58. The summed E-state index contributed by atoms with van der Waals surface area (Å²) >= 11 is 0. The second-order valence-electron chi connectivity index (χ2n) is 3.42. The van der Waals surface area contributed by atoms with Gasteiger partial charge in [0.15, 0.2) is 0 Å². The van der Waals surface area contributed by atoms with E-state index in [1.54, 1.807) is 0 Å². The van der Waals surface area contributed by atoms with Gasteiger partial charge in [0.05, 0.1) is 29.5 Å². The Morgan fingerprint density at radius 3 is 3.14 bits per heavy atom. The van der Waals surface area contributed by atoms with Crippen LogP contribution < -0.4 is 0 Å². The summed E-state index contributed by atoms with van der Waals surface area (Å²) in [6.45, 7) is 0.653. The lowest BCUT2D eigenvalue weighted by atomic mass is 10.1. The van der Waals surface area contributed by atoms with Gasteiger partial charge in [-0.05, 0) is 24.2 Å². The molecule has 1 aromatic rings. The minimum absolute atomic E-state index is 0.180. The molecule has 2 rings (SSSR count). The van der Waals surface area contributed by atoms with Gasteiger partial charge >= 0.3 is 5.82 Å².